The summed E-state index contributed by atoms with van der Waals surface area (Å²) in [6.07, 6.45) is 13.2. The molecule has 2 N–H and O–H groups in total. The molecule has 1 aromatic heterocycles. The van der Waals surface area contributed by atoms with Gasteiger partial charge in [0.25, 0.3) is 0 Å². The molecule has 3 heterocycles. The van der Waals surface area contributed by atoms with Crippen molar-refractivity contribution in [3.05, 3.63) is 41.7 Å². The van der Waals surface area contributed by atoms with Crippen molar-refractivity contribution in [2.24, 2.45) is 0 Å². The number of benzene rings is 1. The van der Waals surface area contributed by atoms with Crippen molar-refractivity contribution in [1.82, 2.24) is 15.3 Å². The van der Waals surface area contributed by atoms with Gasteiger partial charge in [0.05, 0.1) is 0 Å². The van der Waals surface area contributed by atoms with Crippen LogP contribution < -0.4 is 20.4 Å². The Hall–Kier alpha value is -2.48. The lowest BCUT2D eigenvalue weighted by atomic mass is 9.69. The van der Waals surface area contributed by atoms with E-state index in [1.165, 1.54) is 63.4 Å². The molecule has 3 fully saturated rings. The summed E-state index contributed by atoms with van der Waals surface area (Å²) in [6, 6.07) is 9.18. The van der Waals surface area contributed by atoms with Crippen LogP contribution >= 0.6 is 12.2 Å². The number of halogens is 1. The fraction of sp³-hybridized carbons (Fsp3) is 0.607. The van der Waals surface area contributed by atoms with E-state index in [0.717, 1.165) is 57.2 Å². The first kappa shape index (κ1) is 25.2. The van der Waals surface area contributed by atoms with Crippen molar-refractivity contribution in [3.8, 4) is 0 Å². The maximum absolute atomic E-state index is 13.6. The van der Waals surface area contributed by atoms with E-state index >= 15 is 0 Å². The fourth-order valence-electron chi connectivity index (χ4n) is 6.04. The summed E-state index contributed by atoms with van der Waals surface area (Å²) in [4.78, 5) is 14.5. The molecule has 0 bridgehead atoms. The molecule has 1 aliphatic carbocycles. The number of piperidine rings is 2. The van der Waals surface area contributed by atoms with Crippen molar-refractivity contribution in [2.75, 3.05) is 47.8 Å². The molecule has 1 aromatic carbocycles. The Balaban J connectivity index is 1.31. The van der Waals surface area contributed by atoms with Crippen LogP contribution in [-0.2, 0) is 5.41 Å². The lowest BCUT2D eigenvalue weighted by molar-refractivity contribution is 0.292. The predicted octanol–water partition coefficient (Wildman–Crippen LogP) is 5.78. The number of anilines is 3. The Morgan fingerprint density at radius 2 is 1.33 bits per heavy atom. The minimum absolute atomic E-state index is 0.0346. The molecule has 5 rings (SSSR count). The molecule has 0 atom stereocenters. The summed E-state index contributed by atoms with van der Waals surface area (Å²) < 4.78 is 13.6. The van der Waals surface area contributed by atoms with Crippen molar-refractivity contribution in [3.63, 3.8) is 0 Å². The topological polar surface area (TPSA) is 56.3 Å². The van der Waals surface area contributed by atoms with E-state index < -0.39 is 0 Å². The molecule has 0 unspecified atom stereocenters. The molecule has 194 valence electrons. The Morgan fingerprint density at radius 1 is 0.806 bits per heavy atom. The maximum atomic E-state index is 13.6. The molecule has 8 heteroatoms. The van der Waals surface area contributed by atoms with Gasteiger partial charge in [-0.2, -0.15) is 9.97 Å². The van der Waals surface area contributed by atoms with Gasteiger partial charge >= 0.3 is 0 Å². The summed E-state index contributed by atoms with van der Waals surface area (Å²) >= 11 is 5.73. The van der Waals surface area contributed by atoms with Crippen LogP contribution in [-0.4, -0.2) is 47.8 Å². The molecular weight excluding hydrogens is 471 g/mol. The van der Waals surface area contributed by atoms with Gasteiger partial charge in [-0.05, 0) is 81.3 Å². The number of hydrogen-bond donors (Lipinski definition) is 2. The number of hydrogen-bond acceptors (Lipinski definition) is 5. The van der Waals surface area contributed by atoms with Crippen molar-refractivity contribution >= 4 is 34.9 Å². The predicted molar refractivity (Wildman–Crippen MR) is 150 cm³/mol. The Bertz CT molecular complexity index is 975. The van der Waals surface area contributed by atoms with E-state index in [9.17, 15) is 4.39 Å². The zero-order chi connectivity index (χ0) is 24.8. The standard InChI is InChI=1S/C28H39FN6S/c29-23-12-10-22(11-13-23)28(14-4-1-5-15-28)21-30-27(36)33-26-31-24(34-16-6-2-7-17-34)20-25(32-26)35-18-8-3-9-19-35/h10-13,20H,1-9,14-19,21H2,(H2,30,31,32,33,36). The number of nitrogens with one attached hydrogen (secondary N) is 2. The third-order valence-corrected chi connectivity index (χ3v) is 8.39. The summed E-state index contributed by atoms with van der Waals surface area (Å²) in [5, 5.41) is 7.32. The largest absolute Gasteiger partial charge is 0.361 e. The number of nitrogens with zero attached hydrogens (tertiary/aromatic N) is 4. The smallest absolute Gasteiger partial charge is 0.232 e. The molecule has 1 saturated carbocycles. The second-order valence-electron chi connectivity index (χ2n) is 10.7. The average molecular weight is 511 g/mol. The first-order valence-electron chi connectivity index (χ1n) is 13.8. The van der Waals surface area contributed by atoms with Crippen LogP contribution in [0.2, 0.25) is 0 Å². The molecule has 2 saturated heterocycles. The van der Waals surface area contributed by atoms with E-state index in [4.69, 9.17) is 22.2 Å². The SMILES string of the molecule is Fc1ccc(C2(CNC(=S)Nc3nc(N4CCCCC4)cc(N4CCCCC4)n3)CCCCC2)cc1. The van der Waals surface area contributed by atoms with Crippen LogP contribution in [0.15, 0.2) is 30.3 Å². The van der Waals surface area contributed by atoms with Gasteiger partial charge in [0.15, 0.2) is 5.11 Å². The van der Waals surface area contributed by atoms with Crippen LogP contribution in [0.1, 0.15) is 76.2 Å². The fourth-order valence-corrected chi connectivity index (χ4v) is 6.21. The number of aromatic nitrogens is 2. The van der Waals surface area contributed by atoms with Gasteiger partial charge in [-0.3, -0.25) is 0 Å². The highest BCUT2D eigenvalue weighted by Crippen LogP contribution is 2.39. The second kappa shape index (κ2) is 11.7. The molecular formula is C28H39FN6S. The molecule has 0 amide bonds. The Kier molecular flexibility index (Phi) is 8.19. The number of thiocarbonyl (C=S) groups is 1. The molecule has 0 spiro atoms. The van der Waals surface area contributed by atoms with Gasteiger partial charge in [-0.1, -0.05) is 31.4 Å². The molecule has 2 aromatic rings. The normalized spacial score (nSPS) is 20.1. The van der Waals surface area contributed by atoms with Gasteiger partial charge in [0, 0.05) is 44.2 Å². The number of rotatable bonds is 6. The van der Waals surface area contributed by atoms with Crippen molar-refractivity contribution in [1.29, 1.82) is 0 Å². The van der Waals surface area contributed by atoms with Crippen LogP contribution in [0.3, 0.4) is 0 Å². The summed E-state index contributed by atoms with van der Waals surface area (Å²) in [5.74, 6) is 2.36. The third-order valence-electron chi connectivity index (χ3n) is 8.14. The second-order valence-corrected chi connectivity index (χ2v) is 11.1. The highest BCUT2D eigenvalue weighted by Gasteiger charge is 2.34. The van der Waals surface area contributed by atoms with Crippen LogP contribution in [0.25, 0.3) is 0 Å². The first-order chi connectivity index (χ1) is 17.6. The van der Waals surface area contributed by atoms with Gasteiger partial charge in [0.1, 0.15) is 17.5 Å². The quantitative estimate of drug-likeness (QED) is 0.478. The maximum Gasteiger partial charge on any atom is 0.232 e. The van der Waals surface area contributed by atoms with Gasteiger partial charge < -0.3 is 20.4 Å². The van der Waals surface area contributed by atoms with Gasteiger partial charge in [0.2, 0.25) is 5.95 Å². The summed E-state index contributed by atoms with van der Waals surface area (Å²) in [5.41, 5.74) is 1.15. The van der Waals surface area contributed by atoms with E-state index in [-0.39, 0.29) is 11.2 Å². The minimum Gasteiger partial charge on any atom is -0.361 e. The minimum atomic E-state index is -0.190. The zero-order valence-electron chi connectivity index (χ0n) is 21.3. The summed E-state index contributed by atoms with van der Waals surface area (Å²) in [6.45, 7) is 4.88. The highest BCUT2D eigenvalue weighted by molar-refractivity contribution is 7.80. The molecule has 0 radical (unpaired) electrons. The third kappa shape index (κ3) is 6.07. The highest BCUT2D eigenvalue weighted by atomic mass is 32.1. The Labute approximate surface area is 220 Å². The van der Waals surface area contributed by atoms with Crippen LogP contribution in [0, 0.1) is 5.82 Å². The average Bonchev–Trinajstić information content (AvgIpc) is 2.93. The monoisotopic (exact) mass is 510 g/mol. The Morgan fingerprint density at radius 3 is 1.89 bits per heavy atom. The van der Waals surface area contributed by atoms with Crippen molar-refractivity contribution < 1.29 is 4.39 Å². The molecule has 3 aliphatic rings. The van der Waals surface area contributed by atoms with Crippen LogP contribution in [0.4, 0.5) is 22.0 Å². The molecule has 36 heavy (non-hydrogen) atoms. The first-order valence-corrected chi connectivity index (χ1v) is 14.2. The summed E-state index contributed by atoms with van der Waals surface area (Å²) in [7, 11) is 0. The van der Waals surface area contributed by atoms with Crippen LogP contribution in [0.5, 0.6) is 0 Å². The molecule has 6 nitrogen and oxygen atoms in total. The molecule has 2 aliphatic heterocycles. The van der Waals surface area contributed by atoms with Gasteiger partial charge in [-0.25, -0.2) is 4.39 Å². The zero-order valence-corrected chi connectivity index (χ0v) is 22.1. The lowest BCUT2D eigenvalue weighted by Gasteiger charge is -2.38. The van der Waals surface area contributed by atoms with E-state index in [2.05, 4.69) is 26.5 Å². The van der Waals surface area contributed by atoms with E-state index in [0.29, 0.717) is 11.1 Å². The van der Waals surface area contributed by atoms with Gasteiger partial charge in [-0.15, -0.1) is 0 Å². The lowest BCUT2D eigenvalue weighted by Crippen LogP contribution is -2.43. The van der Waals surface area contributed by atoms with E-state index in [1.807, 2.05) is 12.1 Å². The van der Waals surface area contributed by atoms with Crippen molar-refractivity contribution in [2.45, 2.75) is 76.0 Å². The van der Waals surface area contributed by atoms with E-state index in [1.54, 1.807) is 12.1 Å².